The van der Waals surface area contributed by atoms with Crippen LogP contribution in [0.5, 0.6) is 0 Å². The first-order valence-corrected chi connectivity index (χ1v) is 9.78. The summed E-state index contributed by atoms with van der Waals surface area (Å²) in [5.41, 5.74) is 8.32. The van der Waals surface area contributed by atoms with E-state index in [4.69, 9.17) is 10.7 Å². The summed E-state index contributed by atoms with van der Waals surface area (Å²) in [4.78, 5) is 19.6. The Balaban J connectivity index is 1.74. The van der Waals surface area contributed by atoms with Crippen molar-refractivity contribution >= 4 is 17.2 Å². The summed E-state index contributed by atoms with van der Waals surface area (Å²) >= 11 is 1.66. The molecule has 2 heterocycles. The molecule has 2 N–H and O–H groups in total. The Kier molecular flexibility index (Phi) is 5.25. The molecule has 5 heteroatoms. The summed E-state index contributed by atoms with van der Waals surface area (Å²) in [7, 11) is 0. The van der Waals surface area contributed by atoms with Gasteiger partial charge in [0.2, 0.25) is 5.91 Å². The maximum atomic E-state index is 12.9. The van der Waals surface area contributed by atoms with Crippen LogP contribution in [-0.2, 0) is 11.2 Å². The number of nitrogens with two attached hydrogens (primary N) is 1. The van der Waals surface area contributed by atoms with Gasteiger partial charge in [0.15, 0.2) is 0 Å². The second kappa shape index (κ2) is 7.26. The van der Waals surface area contributed by atoms with Gasteiger partial charge in [-0.05, 0) is 23.8 Å². The second-order valence-corrected chi connectivity index (χ2v) is 8.76. The van der Waals surface area contributed by atoms with Crippen LogP contribution in [0.1, 0.15) is 55.9 Å². The third kappa shape index (κ3) is 4.10. The van der Waals surface area contributed by atoms with E-state index in [0.717, 1.165) is 36.5 Å². The maximum Gasteiger partial charge on any atom is 0.240 e. The van der Waals surface area contributed by atoms with Crippen molar-refractivity contribution in [3.05, 3.63) is 52.0 Å². The van der Waals surface area contributed by atoms with Crippen LogP contribution in [0.2, 0.25) is 0 Å². The summed E-state index contributed by atoms with van der Waals surface area (Å²) in [6.45, 7) is 6.83. The lowest BCUT2D eigenvalue weighted by atomic mass is 9.86. The number of benzene rings is 1. The molecule has 0 unspecified atom stereocenters. The van der Waals surface area contributed by atoms with Crippen molar-refractivity contribution in [2.24, 2.45) is 11.1 Å². The van der Waals surface area contributed by atoms with Gasteiger partial charge in [0.05, 0.1) is 17.8 Å². The topological polar surface area (TPSA) is 59.2 Å². The molecule has 1 fully saturated rings. The molecule has 1 aliphatic heterocycles. The molecule has 1 saturated heterocycles. The first-order valence-electron chi connectivity index (χ1n) is 8.90. The van der Waals surface area contributed by atoms with Gasteiger partial charge in [-0.2, -0.15) is 0 Å². The van der Waals surface area contributed by atoms with Gasteiger partial charge in [-0.25, -0.2) is 4.98 Å². The number of nitrogens with zero attached hydrogens (tertiary/aromatic N) is 2. The number of rotatable bonds is 4. The molecular formula is C20H27N3OS. The maximum absolute atomic E-state index is 12.9. The molecular weight excluding hydrogens is 330 g/mol. The van der Waals surface area contributed by atoms with E-state index in [9.17, 15) is 4.79 Å². The number of hydrogen-bond donors (Lipinski definition) is 1. The van der Waals surface area contributed by atoms with Crippen molar-refractivity contribution < 1.29 is 4.79 Å². The molecule has 0 saturated carbocycles. The van der Waals surface area contributed by atoms with Crippen molar-refractivity contribution in [1.29, 1.82) is 0 Å². The number of aromatic nitrogens is 1. The number of thiazole rings is 1. The van der Waals surface area contributed by atoms with Gasteiger partial charge in [-0.3, -0.25) is 4.79 Å². The minimum Gasteiger partial charge on any atom is -0.332 e. The van der Waals surface area contributed by atoms with Crippen LogP contribution in [-0.4, -0.2) is 28.4 Å². The van der Waals surface area contributed by atoms with Gasteiger partial charge in [0.1, 0.15) is 5.01 Å². The first kappa shape index (κ1) is 18.1. The largest absolute Gasteiger partial charge is 0.332 e. The summed E-state index contributed by atoms with van der Waals surface area (Å²) < 4.78 is 0. The smallest absolute Gasteiger partial charge is 0.240 e. The van der Waals surface area contributed by atoms with Crippen LogP contribution >= 0.6 is 11.3 Å². The summed E-state index contributed by atoms with van der Waals surface area (Å²) in [6.07, 6.45) is 2.82. The van der Waals surface area contributed by atoms with E-state index in [1.54, 1.807) is 11.3 Å². The van der Waals surface area contributed by atoms with Crippen molar-refractivity contribution in [2.75, 3.05) is 6.54 Å². The zero-order valence-corrected chi connectivity index (χ0v) is 16.1. The Hall–Kier alpha value is -1.72. The van der Waals surface area contributed by atoms with E-state index in [2.05, 4.69) is 17.5 Å². The Morgan fingerprint density at radius 1 is 1.36 bits per heavy atom. The van der Waals surface area contributed by atoms with Crippen molar-refractivity contribution in [1.82, 2.24) is 9.88 Å². The summed E-state index contributed by atoms with van der Waals surface area (Å²) in [5, 5.41) is 3.16. The predicted octanol–water partition coefficient (Wildman–Crippen LogP) is 3.77. The molecule has 1 aliphatic rings. The van der Waals surface area contributed by atoms with E-state index < -0.39 is 6.04 Å². The quantitative estimate of drug-likeness (QED) is 0.906. The Bertz CT molecular complexity index is 720. The number of carbonyl (C=O) groups excluding carboxylic acids is 1. The highest BCUT2D eigenvalue weighted by Gasteiger charge is 2.38. The molecule has 134 valence electrons. The van der Waals surface area contributed by atoms with E-state index in [1.165, 1.54) is 5.56 Å². The van der Waals surface area contributed by atoms with Crippen LogP contribution in [0.15, 0.2) is 35.7 Å². The van der Waals surface area contributed by atoms with E-state index in [-0.39, 0.29) is 17.4 Å². The normalized spacial score (nSPS) is 19.2. The van der Waals surface area contributed by atoms with Gasteiger partial charge >= 0.3 is 0 Å². The molecule has 0 aliphatic carbocycles. The van der Waals surface area contributed by atoms with Crippen LogP contribution < -0.4 is 5.73 Å². The van der Waals surface area contributed by atoms with Crippen molar-refractivity contribution in [2.45, 2.75) is 52.1 Å². The third-order valence-electron chi connectivity index (χ3n) is 4.82. The lowest BCUT2D eigenvalue weighted by molar-refractivity contribution is -0.135. The van der Waals surface area contributed by atoms with Gasteiger partial charge in [0.25, 0.3) is 0 Å². The second-order valence-electron chi connectivity index (χ2n) is 7.87. The minimum atomic E-state index is -0.475. The monoisotopic (exact) mass is 357 g/mol. The highest BCUT2D eigenvalue weighted by atomic mass is 32.1. The van der Waals surface area contributed by atoms with Gasteiger partial charge < -0.3 is 10.6 Å². The molecule has 4 nitrogen and oxygen atoms in total. The Morgan fingerprint density at radius 2 is 2.08 bits per heavy atom. The third-order valence-corrected chi connectivity index (χ3v) is 5.81. The Morgan fingerprint density at radius 3 is 2.76 bits per heavy atom. The van der Waals surface area contributed by atoms with E-state index in [1.807, 2.05) is 43.9 Å². The lowest BCUT2D eigenvalue weighted by Gasteiger charge is -2.32. The standard InChI is InChI=1S/C20H27N3OS/c1-20(2,3)17(21)19(24)23-11-7-10-16(23)18-22-15(13-25-18)12-14-8-5-4-6-9-14/h4-6,8-9,13,16-17H,7,10-12,21H2,1-3H3/t16-,17+/m0/s1. The van der Waals surface area contributed by atoms with E-state index in [0.29, 0.717) is 0 Å². The average Bonchev–Trinajstić information content (AvgIpc) is 3.22. The number of carbonyl (C=O) groups is 1. The molecule has 1 aromatic carbocycles. The molecule has 2 atom stereocenters. The molecule has 3 rings (SSSR count). The van der Waals surface area contributed by atoms with Crippen LogP contribution in [0.25, 0.3) is 0 Å². The fraction of sp³-hybridized carbons (Fsp3) is 0.500. The molecule has 0 spiro atoms. The van der Waals surface area contributed by atoms with Crippen LogP contribution in [0.3, 0.4) is 0 Å². The van der Waals surface area contributed by atoms with Gasteiger partial charge in [-0.15, -0.1) is 11.3 Å². The summed E-state index contributed by atoms with van der Waals surface area (Å²) in [5.74, 6) is 0.0507. The molecule has 1 aromatic heterocycles. The lowest BCUT2D eigenvalue weighted by Crippen LogP contribution is -2.50. The molecule has 0 bridgehead atoms. The van der Waals surface area contributed by atoms with Crippen LogP contribution in [0, 0.1) is 5.41 Å². The fourth-order valence-electron chi connectivity index (χ4n) is 3.20. The number of hydrogen-bond acceptors (Lipinski definition) is 4. The zero-order chi connectivity index (χ0) is 18.0. The van der Waals surface area contributed by atoms with Crippen molar-refractivity contribution in [3.63, 3.8) is 0 Å². The van der Waals surface area contributed by atoms with E-state index >= 15 is 0 Å². The SMILES string of the molecule is CC(C)(C)[C@H](N)C(=O)N1CCC[C@H]1c1nc(Cc2ccccc2)cs1. The summed E-state index contributed by atoms with van der Waals surface area (Å²) in [6, 6.07) is 9.96. The molecule has 25 heavy (non-hydrogen) atoms. The van der Waals surface area contributed by atoms with Gasteiger partial charge in [0, 0.05) is 18.3 Å². The number of likely N-dealkylation sites (tertiary alicyclic amines) is 1. The first-order chi connectivity index (χ1) is 11.9. The fourth-order valence-corrected chi connectivity index (χ4v) is 4.16. The molecule has 0 radical (unpaired) electrons. The molecule has 1 amide bonds. The zero-order valence-electron chi connectivity index (χ0n) is 15.2. The predicted molar refractivity (Wildman–Crippen MR) is 102 cm³/mol. The minimum absolute atomic E-state index is 0.0507. The molecule has 2 aromatic rings. The van der Waals surface area contributed by atoms with Gasteiger partial charge in [-0.1, -0.05) is 51.1 Å². The van der Waals surface area contributed by atoms with Crippen molar-refractivity contribution in [3.8, 4) is 0 Å². The Labute approximate surface area is 154 Å². The number of amides is 1. The van der Waals surface area contributed by atoms with Crippen LogP contribution in [0.4, 0.5) is 0 Å². The average molecular weight is 358 g/mol. The highest BCUT2D eigenvalue weighted by molar-refractivity contribution is 7.09. The highest BCUT2D eigenvalue weighted by Crippen LogP contribution is 2.35.